The minimum absolute atomic E-state index is 0.0474. The third-order valence-electron chi connectivity index (χ3n) is 4.71. The van der Waals surface area contributed by atoms with Crippen LogP contribution in [0, 0.1) is 19.8 Å². The van der Waals surface area contributed by atoms with Crippen LogP contribution in [0.4, 0.5) is 5.13 Å². The molecular formula is C19H27N3O2S. The topological polar surface area (TPSA) is 54.5 Å². The van der Waals surface area contributed by atoms with Crippen LogP contribution in [-0.2, 0) is 9.53 Å². The molecule has 1 aromatic heterocycles. The number of hydrogen-bond donors (Lipinski definition) is 1. The summed E-state index contributed by atoms with van der Waals surface area (Å²) in [5.74, 6) is 0.208. The van der Waals surface area contributed by atoms with Crippen molar-refractivity contribution in [3.8, 4) is 0 Å². The maximum absolute atomic E-state index is 12.4. The van der Waals surface area contributed by atoms with Crippen LogP contribution < -0.4 is 10.2 Å². The summed E-state index contributed by atoms with van der Waals surface area (Å²) < 4.78 is 6.26. The van der Waals surface area contributed by atoms with Crippen molar-refractivity contribution in [1.82, 2.24) is 10.3 Å². The standard InChI is InChI=1S/C19H27N3O2S/c1-13-10-14(2)17-16(11-13)25-19(21-17)22-8-4-6-15(12-22)18(23)20-7-5-9-24-3/h10-11,15H,4-9,12H2,1-3H3,(H,20,23). The number of fused-ring (bicyclic) bond motifs is 1. The van der Waals surface area contributed by atoms with E-state index in [1.165, 1.54) is 15.8 Å². The van der Waals surface area contributed by atoms with Gasteiger partial charge in [0.25, 0.3) is 0 Å². The number of nitrogens with zero attached hydrogens (tertiary/aromatic N) is 2. The van der Waals surface area contributed by atoms with E-state index in [2.05, 4.69) is 36.2 Å². The van der Waals surface area contributed by atoms with Gasteiger partial charge in [-0.15, -0.1) is 0 Å². The van der Waals surface area contributed by atoms with E-state index in [-0.39, 0.29) is 11.8 Å². The number of nitrogens with one attached hydrogen (secondary N) is 1. The summed E-state index contributed by atoms with van der Waals surface area (Å²) in [6.07, 6.45) is 2.84. The van der Waals surface area contributed by atoms with Crippen molar-refractivity contribution in [3.63, 3.8) is 0 Å². The zero-order valence-corrected chi connectivity index (χ0v) is 16.1. The van der Waals surface area contributed by atoms with Gasteiger partial charge in [-0.3, -0.25) is 4.79 Å². The summed E-state index contributed by atoms with van der Waals surface area (Å²) in [4.78, 5) is 19.5. The minimum Gasteiger partial charge on any atom is -0.385 e. The molecule has 1 fully saturated rings. The Hall–Kier alpha value is -1.66. The van der Waals surface area contributed by atoms with Gasteiger partial charge in [0.1, 0.15) is 0 Å². The molecule has 1 amide bonds. The smallest absolute Gasteiger partial charge is 0.224 e. The highest BCUT2D eigenvalue weighted by atomic mass is 32.1. The number of benzene rings is 1. The lowest BCUT2D eigenvalue weighted by molar-refractivity contribution is -0.125. The predicted octanol–water partition coefficient (Wildman–Crippen LogP) is 3.28. The van der Waals surface area contributed by atoms with Gasteiger partial charge in [0.2, 0.25) is 5.91 Å². The lowest BCUT2D eigenvalue weighted by Crippen LogP contribution is -2.43. The number of methoxy groups -OCH3 is 1. The fraction of sp³-hybridized carbons (Fsp3) is 0.579. The molecule has 0 aliphatic carbocycles. The second-order valence-electron chi connectivity index (χ2n) is 6.85. The number of hydrogen-bond acceptors (Lipinski definition) is 5. The quantitative estimate of drug-likeness (QED) is 0.802. The first-order chi connectivity index (χ1) is 12.1. The Balaban J connectivity index is 1.67. The van der Waals surface area contributed by atoms with Crippen LogP contribution >= 0.6 is 11.3 Å². The molecule has 0 saturated carbocycles. The van der Waals surface area contributed by atoms with Gasteiger partial charge in [0.15, 0.2) is 5.13 Å². The molecule has 6 heteroatoms. The van der Waals surface area contributed by atoms with Crippen molar-refractivity contribution in [2.45, 2.75) is 33.1 Å². The Morgan fingerprint density at radius 3 is 3.08 bits per heavy atom. The maximum Gasteiger partial charge on any atom is 0.224 e. The van der Waals surface area contributed by atoms with Gasteiger partial charge in [0.05, 0.1) is 16.1 Å². The molecule has 1 N–H and O–H groups in total. The van der Waals surface area contributed by atoms with Crippen molar-refractivity contribution in [3.05, 3.63) is 23.3 Å². The minimum atomic E-state index is 0.0474. The van der Waals surface area contributed by atoms with Gasteiger partial charge in [0, 0.05) is 33.4 Å². The summed E-state index contributed by atoms with van der Waals surface area (Å²) in [7, 11) is 1.68. The Kier molecular flexibility index (Phi) is 5.91. The highest BCUT2D eigenvalue weighted by Gasteiger charge is 2.27. The first-order valence-corrected chi connectivity index (χ1v) is 9.79. The molecule has 2 aromatic rings. The van der Waals surface area contributed by atoms with Gasteiger partial charge >= 0.3 is 0 Å². The van der Waals surface area contributed by atoms with Crippen molar-refractivity contribution in [1.29, 1.82) is 0 Å². The molecule has 1 aliphatic heterocycles. The molecule has 1 atom stereocenters. The maximum atomic E-state index is 12.4. The molecule has 5 nitrogen and oxygen atoms in total. The summed E-state index contributed by atoms with van der Waals surface area (Å²) >= 11 is 1.74. The number of ether oxygens (including phenoxy) is 1. The van der Waals surface area contributed by atoms with E-state index < -0.39 is 0 Å². The number of thiazole rings is 1. The number of piperidine rings is 1. The summed E-state index contributed by atoms with van der Waals surface area (Å²) in [5.41, 5.74) is 3.59. The zero-order valence-electron chi connectivity index (χ0n) is 15.3. The van der Waals surface area contributed by atoms with Crippen molar-refractivity contribution >= 4 is 32.6 Å². The average Bonchev–Trinajstić information content (AvgIpc) is 3.03. The Bertz CT molecular complexity index is 744. The second-order valence-corrected chi connectivity index (χ2v) is 7.86. The number of amides is 1. The summed E-state index contributed by atoms with van der Waals surface area (Å²) in [5, 5.41) is 4.08. The molecule has 0 bridgehead atoms. The number of rotatable bonds is 6. The largest absolute Gasteiger partial charge is 0.385 e. The fourth-order valence-electron chi connectivity index (χ4n) is 3.43. The van der Waals surface area contributed by atoms with Crippen LogP contribution in [-0.4, -0.2) is 44.2 Å². The molecule has 1 unspecified atom stereocenters. The SMILES string of the molecule is COCCCNC(=O)C1CCCN(c2nc3c(C)cc(C)cc3s2)C1. The van der Waals surface area contributed by atoms with Gasteiger partial charge in [-0.2, -0.15) is 0 Å². The van der Waals surface area contributed by atoms with Crippen molar-refractivity contribution in [2.75, 3.05) is 38.3 Å². The predicted molar refractivity (Wildman–Crippen MR) is 104 cm³/mol. The molecule has 0 radical (unpaired) electrons. The number of aryl methyl sites for hydroxylation is 2. The van der Waals surface area contributed by atoms with E-state index in [1.54, 1.807) is 18.4 Å². The highest BCUT2D eigenvalue weighted by molar-refractivity contribution is 7.22. The molecule has 1 saturated heterocycles. The summed E-state index contributed by atoms with van der Waals surface area (Å²) in [6, 6.07) is 4.38. The molecule has 25 heavy (non-hydrogen) atoms. The van der Waals surface area contributed by atoms with Crippen LogP contribution in [0.3, 0.4) is 0 Å². The van der Waals surface area contributed by atoms with E-state index in [1.807, 2.05) is 0 Å². The second kappa shape index (κ2) is 8.15. The first-order valence-electron chi connectivity index (χ1n) is 8.98. The average molecular weight is 362 g/mol. The molecule has 136 valence electrons. The third-order valence-corrected chi connectivity index (χ3v) is 5.77. The number of aromatic nitrogens is 1. The molecule has 2 heterocycles. The van der Waals surface area contributed by atoms with Crippen LogP contribution in [0.25, 0.3) is 10.2 Å². The van der Waals surface area contributed by atoms with E-state index in [0.717, 1.165) is 43.0 Å². The van der Waals surface area contributed by atoms with Crippen LogP contribution in [0.5, 0.6) is 0 Å². The Morgan fingerprint density at radius 2 is 2.28 bits per heavy atom. The van der Waals surface area contributed by atoms with Crippen molar-refractivity contribution < 1.29 is 9.53 Å². The molecule has 1 aromatic carbocycles. The first kappa shape index (κ1) is 18.1. The monoisotopic (exact) mass is 361 g/mol. The van der Waals surface area contributed by atoms with Crippen molar-refractivity contribution in [2.24, 2.45) is 5.92 Å². The highest BCUT2D eigenvalue weighted by Crippen LogP contribution is 2.33. The lowest BCUT2D eigenvalue weighted by Gasteiger charge is -2.31. The number of carbonyl (C=O) groups excluding carboxylic acids is 1. The Labute approximate surface area is 153 Å². The van der Waals surface area contributed by atoms with E-state index in [0.29, 0.717) is 13.2 Å². The fourth-order valence-corrected chi connectivity index (χ4v) is 4.61. The molecule has 3 rings (SSSR count). The van der Waals surface area contributed by atoms with Gasteiger partial charge in [-0.25, -0.2) is 4.98 Å². The van der Waals surface area contributed by atoms with Gasteiger partial charge in [-0.1, -0.05) is 17.4 Å². The lowest BCUT2D eigenvalue weighted by atomic mass is 9.97. The van der Waals surface area contributed by atoms with Crippen LogP contribution in [0.15, 0.2) is 12.1 Å². The van der Waals surface area contributed by atoms with Gasteiger partial charge in [-0.05, 0) is 50.3 Å². The van der Waals surface area contributed by atoms with E-state index in [9.17, 15) is 4.79 Å². The van der Waals surface area contributed by atoms with E-state index >= 15 is 0 Å². The van der Waals surface area contributed by atoms with Crippen LogP contribution in [0.1, 0.15) is 30.4 Å². The number of anilines is 1. The zero-order chi connectivity index (χ0) is 17.8. The number of carbonyl (C=O) groups is 1. The molecule has 0 spiro atoms. The summed E-state index contributed by atoms with van der Waals surface area (Å²) in [6.45, 7) is 7.34. The van der Waals surface area contributed by atoms with E-state index in [4.69, 9.17) is 9.72 Å². The normalized spacial score (nSPS) is 17.9. The van der Waals surface area contributed by atoms with Gasteiger partial charge < -0.3 is 15.0 Å². The molecular weight excluding hydrogens is 334 g/mol. The third kappa shape index (κ3) is 4.30. The Morgan fingerprint density at radius 1 is 1.44 bits per heavy atom. The molecule has 1 aliphatic rings. The van der Waals surface area contributed by atoms with Crippen LogP contribution in [0.2, 0.25) is 0 Å².